The molecule has 0 saturated carbocycles. The van der Waals surface area contributed by atoms with E-state index in [4.69, 9.17) is 17.3 Å². The van der Waals surface area contributed by atoms with Gasteiger partial charge in [0, 0.05) is 18.3 Å². The molecule has 3 aromatic rings. The van der Waals surface area contributed by atoms with Gasteiger partial charge in [-0.25, -0.2) is 14.4 Å². The minimum absolute atomic E-state index is 0.0153. The highest BCUT2D eigenvalue weighted by molar-refractivity contribution is 7.98. The number of thiazole rings is 1. The van der Waals surface area contributed by atoms with Crippen LogP contribution in [0.2, 0.25) is 5.02 Å². The fourth-order valence-corrected chi connectivity index (χ4v) is 3.82. The molecule has 25 heavy (non-hydrogen) atoms. The number of nitrogens with two attached hydrogens (primary N) is 1. The maximum absolute atomic E-state index is 14.0. The molecule has 6 nitrogen and oxygen atoms in total. The van der Waals surface area contributed by atoms with E-state index in [0.717, 1.165) is 11.3 Å². The molecule has 0 aliphatic rings. The van der Waals surface area contributed by atoms with Crippen molar-refractivity contribution in [2.75, 3.05) is 11.9 Å². The van der Waals surface area contributed by atoms with E-state index in [9.17, 15) is 9.18 Å². The van der Waals surface area contributed by atoms with E-state index in [-0.39, 0.29) is 15.9 Å². The van der Waals surface area contributed by atoms with E-state index in [1.165, 1.54) is 17.8 Å². The summed E-state index contributed by atoms with van der Waals surface area (Å²) in [6.07, 6.45) is 0. The number of hydrogen-bond acceptors (Lipinski definition) is 7. The van der Waals surface area contributed by atoms with Gasteiger partial charge in [-0.2, -0.15) is 0 Å². The summed E-state index contributed by atoms with van der Waals surface area (Å²) in [5.74, 6) is 0.412. The lowest BCUT2D eigenvalue weighted by molar-refractivity contribution is 0.617. The summed E-state index contributed by atoms with van der Waals surface area (Å²) >= 11 is 8.09. The van der Waals surface area contributed by atoms with Crippen molar-refractivity contribution in [3.05, 3.63) is 44.3 Å². The largest absolute Gasteiger partial charge is 0.365 e. The zero-order valence-electron chi connectivity index (χ0n) is 13.2. The Morgan fingerprint density at radius 3 is 3.04 bits per heavy atom. The molecule has 0 amide bonds. The SMILES string of the molecule is C[C@H](CN)Nc1nc(SCc2cccc(Cl)c2F)nc2[nH]c(=O)sc12. The third kappa shape index (κ3) is 4.12. The molecule has 0 spiro atoms. The van der Waals surface area contributed by atoms with Gasteiger partial charge < -0.3 is 11.1 Å². The minimum atomic E-state index is -0.447. The molecule has 0 aliphatic heterocycles. The topological polar surface area (TPSA) is 96.7 Å². The Morgan fingerprint density at radius 2 is 2.28 bits per heavy atom. The van der Waals surface area contributed by atoms with Crippen LogP contribution in [0, 0.1) is 5.82 Å². The van der Waals surface area contributed by atoms with Gasteiger partial charge in [0.1, 0.15) is 10.5 Å². The van der Waals surface area contributed by atoms with Gasteiger partial charge in [0.15, 0.2) is 16.6 Å². The minimum Gasteiger partial charge on any atom is -0.365 e. The lowest BCUT2D eigenvalue weighted by Crippen LogP contribution is -2.25. The van der Waals surface area contributed by atoms with Gasteiger partial charge in [0.05, 0.1) is 5.02 Å². The number of aromatic amines is 1. The molecule has 0 saturated heterocycles. The molecule has 0 bridgehead atoms. The van der Waals surface area contributed by atoms with Crippen molar-refractivity contribution >= 4 is 50.9 Å². The van der Waals surface area contributed by atoms with Crippen LogP contribution in [0.15, 0.2) is 28.2 Å². The zero-order valence-corrected chi connectivity index (χ0v) is 15.6. The van der Waals surface area contributed by atoms with E-state index in [1.807, 2.05) is 6.92 Å². The van der Waals surface area contributed by atoms with Crippen LogP contribution in [0.5, 0.6) is 0 Å². The monoisotopic (exact) mass is 399 g/mol. The van der Waals surface area contributed by atoms with Gasteiger partial charge >= 0.3 is 4.87 Å². The molecule has 0 radical (unpaired) electrons. The van der Waals surface area contributed by atoms with E-state index in [0.29, 0.717) is 39.2 Å². The molecular weight excluding hydrogens is 385 g/mol. The van der Waals surface area contributed by atoms with Gasteiger partial charge in [-0.05, 0) is 18.6 Å². The van der Waals surface area contributed by atoms with E-state index < -0.39 is 5.82 Å². The standard InChI is InChI=1S/C15H15ClFN5OS2/c1-7(5-18)19-12-11-13(22-15(23)25-11)21-14(20-12)24-6-8-3-2-4-9(16)10(8)17/h2-4,7H,5-6,18H2,1H3,(H2,19,20,21,22,23)/t7-/m1/s1. The van der Waals surface area contributed by atoms with Crippen LogP contribution in [-0.2, 0) is 5.75 Å². The normalized spacial score (nSPS) is 12.5. The molecule has 2 heterocycles. The summed E-state index contributed by atoms with van der Waals surface area (Å²) in [4.78, 5) is 22.9. The van der Waals surface area contributed by atoms with Crippen LogP contribution < -0.4 is 15.9 Å². The Hall–Kier alpha value is -1.68. The van der Waals surface area contributed by atoms with Crippen molar-refractivity contribution in [3.63, 3.8) is 0 Å². The first-order valence-corrected chi connectivity index (χ1v) is 9.59. The summed E-state index contributed by atoms with van der Waals surface area (Å²) < 4.78 is 14.6. The average molecular weight is 400 g/mol. The first-order valence-electron chi connectivity index (χ1n) is 7.41. The molecule has 1 atom stereocenters. The number of thioether (sulfide) groups is 1. The van der Waals surface area contributed by atoms with Crippen LogP contribution in [0.4, 0.5) is 10.2 Å². The molecule has 2 aromatic heterocycles. The van der Waals surface area contributed by atoms with Crippen molar-refractivity contribution in [1.82, 2.24) is 15.0 Å². The van der Waals surface area contributed by atoms with Crippen molar-refractivity contribution < 1.29 is 4.39 Å². The zero-order chi connectivity index (χ0) is 18.0. The van der Waals surface area contributed by atoms with E-state index in [1.54, 1.807) is 12.1 Å². The number of fused-ring (bicyclic) bond motifs is 1. The maximum Gasteiger partial charge on any atom is 0.306 e. The predicted octanol–water partition coefficient (Wildman–Crippen LogP) is 3.22. The maximum atomic E-state index is 14.0. The Labute approximate surface area is 156 Å². The molecule has 3 rings (SSSR count). The van der Waals surface area contributed by atoms with Crippen LogP contribution in [0.25, 0.3) is 10.3 Å². The lowest BCUT2D eigenvalue weighted by atomic mass is 10.2. The number of hydrogen-bond donors (Lipinski definition) is 3. The van der Waals surface area contributed by atoms with Crippen molar-refractivity contribution in [1.29, 1.82) is 0 Å². The number of halogens is 2. The Bertz CT molecular complexity index is 961. The third-order valence-electron chi connectivity index (χ3n) is 3.39. The second-order valence-corrected chi connectivity index (χ2v) is 7.66. The molecular formula is C15H15ClFN5OS2. The lowest BCUT2D eigenvalue weighted by Gasteiger charge is -2.13. The highest BCUT2D eigenvalue weighted by atomic mass is 35.5. The molecule has 1 aromatic carbocycles. The number of nitrogens with one attached hydrogen (secondary N) is 2. The quantitative estimate of drug-likeness (QED) is 0.435. The Morgan fingerprint density at radius 1 is 1.48 bits per heavy atom. The Kier molecular flexibility index (Phi) is 5.57. The number of aromatic nitrogens is 3. The first kappa shape index (κ1) is 18.1. The van der Waals surface area contributed by atoms with E-state index in [2.05, 4.69) is 20.3 Å². The number of anilines is 1. The Balaban J connectivity index is 1.90. The van der Waals surface area contributed by atoms with Gasteiger partial charge in [0.2, 0.25) is 0 Å². The summed E-state index contributed by atoms with van der Waals surface area (Å²) in [6.45, 7) is 2.33. The van der Waals surface area contributed by atoms with Crippen LogP contribution >= 0.6 is 34.7 Å². The fourth-order valence-electron chi connectivity index (χ4n) is 2.08. The second-order valence-electron chi connectivity index (χ2n) is 5.33. The predicted molar refractivity (Wildman–Crippen MR) is 101 cm³/mol. The summed E-state index contributed by atoms with van der Waals surface area (Å²) in [6, 6.07) is 4.84. The number of H-pyrrole nitrogens is 1. The highest BCUT2D eigenvalue weighted by Crippen LogP contribution is 2.29. The smallest absolute Gasteiger partial charge is 0.306 e. The molecule has 10 heteroatoms. The van der Waals surface area contributed by atoms with Crippen LogP contribution in [0.1, 0.15) is 12.5 Å². The second kappa shape index (κ2) is 7.69. The van der Waals surface area contributed by atoms with Gasteiger partial charge in [-0.1, -0.05) is 46.8 Å². The summed E-state index contributed by atoms with van der Waals surface area (Å²) in [5.41, 5.74) is 6.55. The van der Waals surface area contributed by atoms with Crippen molar-refractivity contribution in [2.24, 2.45) is 5.73 Å². The average Bonchev–Trinajstić information content (AvgIpc) is 2.96. The van der Waals surface area contributed by atoms with Gasteiger partial charge in [-0.3, -0.25) is 9.78 Å². The molecule has 4 N–H and O–H groups in total. The molecule has 0 unspecified atom stereocenters. The third-order valence-corrected chi connectivity index (χ3v) is 5.45. The molecule has 0 aliphatic carbocycles. The fraction of sp³-hybridized carbons (Fsp3) is 0.267. The van der Waals surface area contributed by atoms with Crippen molar-refractivity contribution in [2.45, 2.75) is 23.9 Å². The van der Waals surface area contributed by atoms with E-state index >= 15 is 0 Å². The highest BCUT2D eigenvalue weighted by Gasteiger charge is 2.14. The number of rotatable bonds is 6. The van der Waals surface area contributed by atoms with Crippen molar-refractivity contribution in [3.8, 4) is 0 Å². The first-order chi connectivity index (χ1) is 12.0. The summed E-state index contributed by atoms with van der Waals surface area (Å²) in [5, 5.41) is 3.68. The van der Waals surface area contributed by atoms with Gasteiger partial charge in [-0.15, -0.1) is 0 Å². The summed E-state index contributed by atoms with van der Waals surface area (Å²) in [7, 11) is 0. The van der Waals surface area contributed by atoms with Crippen LogP contribution in [0.3, 0.4) is 0 Å². The number of benzene rings is 1. The van der Waals surface area contributed by atoms with Crippen LogP contribution in [-0.4, -0.2) is 27.5 Å². The number of nitrogens with zero attached hydrogens (tertiary/aromatic N) is 2. The van der Waals surface area contributed by atoms with Gasteiger partial charge in [0.25, 0.3) is 0 Å². The molecule has 0 fully saturated rings. The molecule has 132 valence electrons.